The van der Waals surface area contributed by atoms with Crippen LogP contribution in [0.2, 0.25) is 0 Å². The summed E-state index contributed by atoms with van der Waals surface area (Å²) in [6.45, 7) is 3.13. The first-order chi connectivity index (χ1) is 14.2. The topological polar surface area (TPSA) is 97.8 Å². The molecule has 30 heavy (non-hydrogen) atoms. The van der Waals surface area contributed by atoms with E-state index in [2.05, 4.69) is 6.92 Å². The number of carboxylic acid groups (broad SMARTS) is 1. The third-order valence-electron chi connectivity index (χ3n) is 7.02. The molecule has 2 aromatic rings. The first kappa shape index (κ1) is 19.3. The van der Waals surface area contributed by atoms with Crippen LogP contribution in [0.1, 0.15) is 36.2 Å². The van der Waals surface area contributed by atoms with Crippen LogP contribution < -0.4 is 20.8 Å². The van der Waals surface area contributed by atoms with Gasteiger partial charge in [0.1, 0.15) is 17.4 Å². The van der Waals surface area contributed by atoms with Crippen LogP contribution in [0.3, 0.4) is 0 Å². The Labute approximate surface area is 171 Å². The van der Waals surface area contributed by atoms with Crippen molar-refractivity contribution in [2.24, 2.45) is 17.6 Å². The highest BCUT2D eigenvalue weighted by Crippen LogP contribution is 2.51. The molecule has 5 rings (SSSR count). The molecular formula is C21H23F2N3O4. The van der Waals surface area contributed by atoms with E-state index in [4.69, 9.17) is 10.5 Å². The first-order valence-electron chi connectivity index (χ1n) is 10.0. The fourth-order valence-electron chi connectivity index (χ4n) is 5.46. The molecule has 1 aliphatic heterocycles. The number of benzene rings is 1. The Morgan fingerprint density at radius 2 is 2.13 bits per heavy atom. The number of nitrogens with zero attached hydrogens (tertiary/aromatic N) is 2. The Morgan fingerprint density at radius 3 is 2.67 bits per heavy atom. The molecule has 7 nitrogen and oxygen atoms in total. The van der Waals surface area contributed by atoms with Crippen molar-refractivity contribution in [2.45, 2.75) is 37.5 Å². The number of alkyl halides is 1. The third kappa shape index (κ3) is 2.50. The number of fused-ring (bicyclic) bond motifs is 2. The molecule has 3 aliphatic rings. The van der Waals surface area contributed by atoms with Gasteiger partial charge in [0.2, 0.25) is 5.43 Å². The highest BCUT2D eigenvalue weighted by Gasteiger charge is 2.55. The minimum Gasteiger partial charge on any atom is -0.492 e. The molecule has 0 amide bonds. The highest BCUT2D eigenvalue weighted by molar-refractivity contribution is 5.97. The Bertz CT molecular complexity index is 1150. The second-order valence-electron chi connectivity index (χ2n) is 8.94. The van der Waals surface area contributed by atoms with E-state index in [0.717, 1.165) is 18.7 Å². The van der Waals surface area contributed by atoms with Crippen molar-refractivity contribution >= 4 is 22.6 Å². The van der Waals surface area contributed by atoms with Gasteiger partial charge in [-0.15, -0.1) is 0 Å². The van der Waals surface area contributed by atoms with E-state index in [0.29, 0.717) is 19.0 Å². The molecule has 2 aliphatic carbocycles. The molecule has 5 atom stereocenters. The number of carbonyl (C=O) groups is 1. The summed E-state index contributed by atoms with van der Waals surface area (Å²) in [6.07, 6.45) is 1.03. The SMILES string of the molecule is COc1c(N2C[C@H]3[C@@H](C)C[C@@]3(N)C2)c(F)cc2c(=O)c(C(=O)O)cn(C3C[C@@H]3F)c12. The molecule has 9 heteroatoms. The van der Waals surface area contributed by atoms with E-state index in [1.54, 1.807) is 0 Å². The predicted octanol–water partition coefficient (Wildman–Crippen LogP) is 2.30. The number of carboxylic acids is 1. The number of ether oxygens (including phenoxy) is 1. The van der Waals surface area contributed by atoms with Crippen LogP contribution >= 0.6 is 0 Å². The number of halogens is 2. The lowest BCUT2D eigenvalue weighted by Gasteiger charge is -2.46. The minimum atomic E-state index is -1.44. The summed E-state index contributed by atoms with van der Waals surface area (Å²) in [5, 5.41) is 9.27. The summed E-state index contributed by atoms with van der Waals surface area (Å²) >= 11 is 0. The zero-order valence-corrected chi connectivity index (χ0v) is 16.7. The highest BCUT2D eigenvalue weighted by atomic mass is 19.1. The average Bonchev–Trinajstić information content (AvgIpc) is 3.33. The van der Waals surface area contributed by atoms with Crippen LogP contribution in [0.25, 0.3) is 10.9 Å². The number of nitrogens with two attached hydrogens (primary N) is 1. The number of hydrogen-bond acceptors (Lipinski definition) is 5. The monoisotopic (exact) mass is 419 g/mol. The van der Waals surface area contributed by atoms with Crippen molar-refractivity contribution in [3.8, 4) is 5.75 Å². The fraction of sp³-hybridized carbons (Fsp3) is 0.524. The van der Waals surface area contributed by atoms with Crippen LogP contribution in [0.15, 0.2) is 17.1 Å². The average molecular weight is 419 g/mol. The van der Waals surface area contributed by atoms with Crippen molar-refractivity contribution in [3.63, 3.8) is 0 Å². The summed E-state index contributed by atoms with van der Waals surface area (Å²) in [5.74, 6) is -1.35. The summed E-state index contributed by atoms with van der Waals surface area (Å²) in [5.41, 5.74) is 5.15. The van der Waals surface area contributed by atoms with E-state index in [1.165, 1.54) is 11.7 Å². The molecule has 1 unspecified atom stereocenters. The minimum absolute atomic E-state index is 0.107. The summed E-state index contributed by atoms with van der Waals surface area (Å²) in [6, 6.07) is 0.426. The first-order valence-corrected chi connectivity index (χ1v) is 10.0. The Kier molecular flexibility index (Phi) is 3.96. The standard InChI is InChI=1S/C21H23F2N3O4/c1-9-5-21(24)8-25(7-12(9)21)17-14(23)3-10-16(19(17)30-2)26(15-4-13(15)22)6-11(18(10)27)20(28)29/h3,6,9,12-13,15H,4-5,7-8,24H2,1-2H3,(H,28,29)/t9-,12-,13-,15?,21+/m0/s1. The van der Waals surface area contributed by atoms with E-state index in [1.807, 2.05) is 4.90 Å². The number of hydrogen-bond donors (Lipinski definition) is 2. The molecule has 0 bridgehead atoms. The number of methoxy groups -OCH3 is 1. The zero-order valence-electron chi connectivity index (χ0n) is 16.7. The lowest BCUT2D eigenvalue weighted by Crippen LogP contribution is -2.59. The van der Waals surface area contributed by atoms with Gasteiger partial charge in [-0.25, -0.2) is 13.6 Å². The normalized spacial score (nSPS) is 32.1. The molecule has 1 saturated heterocycles. The Hall–Kier alpha value is -2.68. The predicted molar refractivity (Wildman–Crippen MR) is 107 cm³/mol. The molecule has 3 N–H and O–H groups in total. The Balaban J connectivity index is 1.76. The van der Waals surface area contributed by atoms with Gasteiger partial charge in [-0.3, -0.25) is 4.79 Å². The second-order valence-corrected chi connectivity index (χ2v) is 8.94. The summed E-state index contributed by atoms with van der Waals surface area (Å²) in [7, 11) is 1.36. The van der Waals surface area contributed by atoms with E-state index < -0.39 is 35.0 Å². The van der Waals surface area contributed by atoms with Gasteiger partial charge in [-0.1, -0.05) is 6.92 Å². The van der Waals surface area contributed by atoms with Gasteiger partial charge in [-0.2, -0.15) is 0 Å². The summed E-state index contributed by atoms with van der Waals surface area (Å²) < 4.78 is 36.3. The van der Waals surface area contributed by atoms with E-state index >= 15 is 4.39 Å². The number of pyridine rings is 1. The number of aromatic nitrogens is 1. The lowest BCUT2D eigenvalue weighted by atomic mass is 9.62. The largest absolute Gasteiger partial charge is 0.492 e. The third-order valence-corrected chi connectivity index (χ3v) is 7.02. The molecule has 160 valence electrons. The number of aromatic carboxylic acids is 1. The van der Waals surface area contributed by atoms with Gasteiger partial charge in [0.05, 0.1) is 24.1 Å². The zero-order chi connectivity index (χ0) is 21.5. The maximum atomic E-state index is 15.3. The van der Waals surface area contributed by atoms with Crippen LogP contribution in [-0.2, 0) is 0 Å². The molecule has 0 radical (unpaired) electrons. The smallest absolute Gasteiger partial charge is 0.341 e. The molecular weight excluding hydrogens is 396 g/mol. The Morgan fingerprint density at radius 1 is 1.43 bits per heavy atom. The van der Waals surface area contributed by atoms with Crippen LogP contribution in [-0.4, -0.2) is 47.6 Å². The van der Waals surface area contributed by atoms with Crippen molar-refractivity contribution < 1.29 is 23.4 Å². The van der Waals surface area contributed by atoms with Crippen molar-refractivity contribution in [1.29, 1.82) is 0 Å². The van der Waals surface area contributed by atoms with Crippen LogP contribution in [0.4, 0.5) is 14.5 Å². The van der Waals surface area contributed by atoms with Gasteiger partial charge in [0.25, 0.3) is 0 Å². The van der Waals surface area contributed by atoms with Crippen LogP contribution in [0, 0.1) is 17.7 Å². The van der Waals surface area contributed by atoms with Crippen molar-refractivity contribution in [2.75, 3.05) is 25.1 Å². The molecule has 3 fully saturated rings. The quantitative estimate of drug-likeness (QED) is 0.789. The van der Waals surface area contributed by atoms with Crippen molar-refractivity contribution in [1.82, 2.24) is 4.57 Å². The maximum absolute atomic E-state index is 15.3. The van der Waals surface area contributed by atoms with E-state index in [9.17, 15) is 19.1 Å². The summed E-state index contributed by atoms with van der Waals surface area (Å²) in [4.78, 5) is 26.1. The van der Waals surface area contributed by atoms with E-state index in [-0.39, 0.29) is 40.2 Å². The molecule has 2 heterocycles. The second kappa shape index (κ2) is 6.16. The van der Waals surface area contributed by atoms with Gasteiger partial charge >= 0.3 is 5.97 Å². The molecule has 1 aromatic heterocycles. The van der Waals surface area contributed by atoms with Crippen LogP contribution in [0.5, 0.6) is 5.75 Å². The van der Waals surface area contributed by atoms with Gasteiger partial charge < -0.3 is 25.0 Å². The molecule has 2 saturated carbocycles. The van der Waals surface area contributed by atoms with Crippen molar-refractivity contribution in [3.05, 3.63) is 33.9 Å². The maximum Gasteiger partial charge on any atom is 0.341 e. The number of anilines is 1. The fourth-order valence-corrected chi connectivity index (χ4v) is 5.46. The molecule has 0 spiro atoms. The van der Waals surface area contributed by atoms with Gasteiger partial charge in [0.15, 0.2) is 11.6 Å². The lowest BCUT2D eigenvalue weighted by molar-refractivity contribution is 0.0694. The van der Waals surface area contributed by atoms with Gasteiger partial charge in [-0.05, 0) is 24.3 Å². The number of rotatable bonds is 4. The molecule has 1 aromatic carbocycles. The van der Waals surface area contributed by atoms with Gasteiger partial charge in [0, 0.05) is 31.2 Å².